The van der Waals surface area contributed by atoms with Gasteiger partial charge in [0.25, 0.3) is 0 Å². The molecule has 0 aliphatic heterocycles. The van der Waals surface area contributed by atoms with Gasteiger partial charge in [-0.1, -0.05) is 17.7 Å². The first-order chi connectivity index (χ1) is 8.74. The minimum Gasteiger partial charge on any atom is -0.362 e. The van der Waals surface area contributed by atoms with Crippen molar-refractivity contribution < 1.29 is 0 Å². The predicted molar refractivity (Wildman–Crippen MR) is 83.7 cm³/mol. The zero-order valence-electron chi connectivity index (χ0n) is 9.65. The van der Waals surface area contributed by atoms with Gasteiger partial charge in [-0.2, -0.15) is 0 Å². The van der Waals surface area contributed by atoms with Gasteiger partial charge < -0.3 is 10.6 Å². The normalized spacial score (nSPS) is 10.1. The van der Waals surface area contributed by atoms with Crippen LogP contribution in [0.25, 0.3) is 0 Å². The Kier molecular flexibility index (Phi) is 4.99. The summed E-state index contributed by atoms with van der Waals surface area (Å²) in [5.74, 6) is 0. The predicted octanol–water partition coefficient (Wildman–Crippen LogP) is 3.93. The molecule has 2 nitrogen and oxygen atoms in total. The van der Waals surface area contributed by atoms with E-state index >= 15 is 0 Å². The van der Waals surface area contributed by atoms with Crippen molar-refractivity contribution in [3.05, 3.63) is 51.7 Å². The van der Waals surface area contributed by atoms with Crippen LogP contribution in [0.5, 0.6) is 0 Å². The van der Waals surface area contributed by atoms with Crippen molar-refractivity contribution in [2.75, 3.05) is 11.9 Å². The summed E-state index contributed by atoms with van der Waals surface area (Å²) in [6, 6.07) is 11.6. The quantitative estimate of drug-likeness (QED) is 0.836. The van der Waals surface area contributed by atoms with Gasteiger partial charge in [-0.25, -0.2) is 0 Å². The Hall–Kier alpha value is -1.10. The zero-order valence-corrected chi connectivity index (χ0v) is 12.0. The Morgan fingerprint density at radius 2 is 2.00 bits per heavy atom. The third-order valence-corrected chi connectivity index (χ3v) is 3.77. The number of nitrogens with one attached hydrogen (secondary N) is 2. The van der Waals surface area contributed by atoms with Crippen LogP contribution >= 0.6 is 35.2 Å². The summed E-state index contributed by atoms with van der Waals surface area (Å²) in [5.41, 5.74) is 0.938. The number of rotatable bonds is 4. The van der Waals surface area contributed by atoms with E-state index in [1.807, 2.05) is 24.3 Å². The lowest BCUT2D eigenvalue weighted by molar-refractivity contribution is 0.885. The van der Waals surface area contributed by atoms with Crippen LogP contribution in [-0.4, -0.2) is 11.7 Å². The molecule has 2 aromatic rings. The highest BCUT2D eigenvalue weighted by atomic mass is 35.5. The summed E-state index contributed by atoms with van der Waals surface area (Å²) in [6.45, 7) is 0.833. The Balaban J connectivity index is 1.73. The molecule has 2 rings (SSSR count). The van der Waals surface area contributed by atoms with Crippen LogP contribution < -0.4 is 10.6 Å². The Bertz CT molecular complexity index is 494. The van der Waals surface area contributed by atoms with E-state index in [2.05, 4.69) is 28.1 Å². The van der Waals surface area contributed by atoms with Gasteiger partial charge in [0.15, 0.2) is 5.11 Å². The molecule has 0 atom stereocenters. The van der Waals surface area contributed by atoms with E-state index in [4.69, 9.17) is 23.8 Å². The molecule has 0 saturated heterocycles. The number of thiocarbonyl (C=S) groups is 1. The molecule has 1 heterocycles. The third kappa shape index (κ3) is 4.29. The van der Waals surface area contributed by atoms with Gasteiger partial charge in [0.05, 0.1) is 0 Å². The van der Waals surface area contributed by atoms with Crippen molar-refractivity contribution in [1.82, 2.24) is 5.32 Å². The first-order valence-electron chi connectivity index (χ1n) is 5.57. The van der Waals surface area contributed by atoms with E-state index in [-0.39, 0.29) is 0 Å². The number of hydrogen-bond donors (Lipinski definition) is 2. The molecule has 0 saturated carbocycles. The first-order valence-corrected chi connectivity index (χ1v) is 7.23. The summed E-state index contributed by atoms with van der Waals surface area (Å²) in [5, 5.41) is 9.73. The lowest BCUT2D eigenvalue weighted by Gasteiger charge is -2.09. The van der Waals surface area contributed by atoms with Crippen molar-refractivity contribution >= 4 is 46.0 Å². The van der Waals surface area contributed by atoms with Crippen LogP contribution in [0.15, 0.2) is 41.8 Å². The minimum atomic E-state index is 0.633. The van der Waals surface area contributed by atoms with E-state index < -0.39 is 0 Å². The van der Waals surface area contributed by atoms with Crippen molar-refractivity contribution in [3.63, 3.8) is 0 Å². The lowest BCUT2D eigenvalue weighted by atomic mass is 10.3. The number of hydrogen-bond acceptors (Lipinski definition) is 2. The molecule has 0 radical (unpaired) electrons. The van der Waals surface area contributed by atoms with Gasteiger partial charge in [0, 0.05) is 22.1 Å². The summed E-state index contributed by atoms with van der Waals surface area (Å²) in [7, 11) is 0. The van der Waals surface area contributed by atoms with E-state index in [0.717, 1.165) is 23.7 Å². The fraction of sp³-hybridized carbons (Fsp3) is 0.154. The third-order valence-electron chi connectivity index (χ3n) is 2.34. The molecule has 0 aliphatic rings. The van der Waals surface area contributed by atoms with Gasteiger partial charge in [-0.15, -0.1) is 11.3 Å². The van der Waals surface area contributed by atoms with E-state index in [1.54, 1.807) is 11.3 Å². The highest BCUT2D eigenvalue weighted by Gasteiger charge is 1.98. The van der Waals surface area contributed by atoms with Crippen molar-refractivity contribution in [2.24, 2.45) is 0 Å². The summed E-state index contributed by atoms with van der Waals surface area (Å²) in [6.07, 6.45) is 0.986. The van der Waals surface area contributed by atoms with Crippen LogP contribution in [0.2, 0.25) is 5.02 Å². The molecule has 0 aliphatic carbocycles. The number of thiophene rings is 1. The fourth-order valence-corrected chi connectivity index (χ4v) is 2.52. The molecule has 1 aromatic heterocycles. The molecule has 0 fully saturated rings. The second-order valence-electron chi connectivity index (χ2n) is 3.72. The largest absolute Gasteiger partial charge is 0.362 e. The van der Waals surface area contributed by atoms with Gasteiger partial charge in [-0.05, 0) is 54.4 Å². The molecular formula is C13H13ClN2S2. The molecule has 94 valence electrons. The molecule has 1 aromatic carbocycles. The fourth-order valence-electron chi connectivity index (χ4n) is 1.46. The zero-order chi connectivity index (χ0) is 12.8. The van der Waals surface area contributed by atoms with E-state index in [9.17, 15) is 0 Å². The molecule has 0 bridgehead atoms. The number of halogens is 1. The maximum atomic E-state index is 5.81. The van der Waals surface area contributed by atoms with Crippen LogP contribution in [-0.2, 0) is 6.42 Å². The second-order valence-corrected chi connectivity index (χ2v) is 5.59. The molecule has 0 spiro atoms. The second kappa shape index (κ2) is 6.73. The topological polar surface area (TPSA) is 24.1 Å². The molecule has 5 heteroatoms. The Morgan fingerprint density at radius 3 is 2.67 bits per heavy atom. The standard InChI is InChI=1S/C13H13ClN2S2/c14-10-3-5-11(6-4-10)16-13(17)15-8-7-12-2-1-9-18-12/h1-6,9H,7-8H2,(H2,15,16,17). The van der Waals surface area contributed by atoms with Gasteiger partial charge in [0.2, 0.25) is 0 Å². The molecule has 0 unspecified atom stereocenters. The Morgan fingerprint density at radius 1 is 1.22 bits per heavy atom. The summed E-state index contributed by atoms with van der Waals surface area (Å²) < 4.78 is 0. The lowest BCUT2D eigenvalue weighted by Crippen LogP contribution is -2.30. The monoisotopic (exact) mass is 296 g/mol. The first kappa shape index (κ1) is 13.3. The number of benzene rings is 1. The maximum absolute atomic E-state index is 5.81. The highest BCUT2D eigenvalue weighted by Crippen LogP contribution is 2.13. The summed E-state index contributed by atoms with van der Waals surface area (Å²) in [4.78, 5) is 1.36. The van der Waals surface area contributed by atoms with Crippen LogP contribution in [0.4, 0.5) is 5.69 Å². The molecule has 18 heavy (non-hydrogen) atoms. The number of anilines is 1. The highest BCUT2D eigenvalue weighted by molar-refractivity contribution is 7.80. The average molecular weight is 297 g/mol. The molecule has 2 N–H and O–H groups in total. The Labute approximate surface area is 121 Å². The average Bonchev–Trinajstić information content (AvgIpc) is 2.85. The van der Waals surface area contributed by atoms with Gasteiger partial charge in [0.1, 0.15) is 0 Å². The van der Waals surface area contributed by atoms with Crippen LogP contribution in [0.1, 0.15) is 4.88 Å². The molecule has 0 amide bonds. The van der Waals surface area contributed by atoms with Crippen molar-refractivity contribution in [1.29, 1.82) is 0 Å². The maximum Gasteiger partial charge on any atom is 0.170 e. The molecular weight excluding hydrogens is 284 g/mol. The minimum absolute atomic E-state index is 0.633. The van der Waals surface area contributed by atoms with Crippen LogP contribution in [0, 0.1) is 0 Å². The van der Waals surface area contributed by atoms with Crippen molar-refractivity contribution in [2.45, 2.75) is 6.42 Å². The SMILES string of the molecule is S=C(NCCc1cccs1)Nc1ccc(Cl)cc1. The smallest absolute Gasteiger partial charge is 0.170 e. The van der Waals surface area contributed by atoms with E-state index in [1.165, 1.54) is 4.88 Å². The van der Waals surface area contributed by atoms with Gasteiger partial charge in [-0.3, -0.25) is 0 Å². The van der Waals surface area contributed by atoms with Crippen LogP contribution in [0.3, 0.4) is 0 Å². The van der Waals surface area contributed by atoms with E-state index in [0.29, 0.717) is 5.11 Å². The van der Waals surface area contributed by atoms with Gasteiger partial charge >= 0.3 is 0 Å². The van der Waals surface area contributed by atoms with Crippen molar-refractivity contribution in [3.8, 4) is 0 Å². The summed E-state index contributed by atoms with van der Waals surface area (Å²) >= 11 is 12.8.